The van der Waals surface area contributed by atoms with E-state index in [0.717, 1.165) is 51.0 Å². The van der Waals surface area contributed by atoms with Crippen LogP contribution >= 0.6 is 0 Å². The first kappa shape index (κ1) is 20.8. The second-order valence-electron chi connectivity index (χ2n) is 8.56. The van der Waals surface area contributed by atoms with E-state index >= 15 is 0 Å². The van der Waals surface area contributed by atoms with Crippen molar-refractivity contribution < 1.29 is 0 Å². The minimum atomic E-state index is -0.270. The molecule has 1 saturated heterocycles. The lowest BCUT2D eigenvalue weighted by atomic mass is 9.74. The summed E-state index contributed by atoms with van der Waals surface area (Å²) in [6.45, 7) is 12.6. The van der Waals surface area contributed by atoms with E-state index < -0.39 is 0 Å². The van der Waals surface area contributed by atoms with Crippen molar-refractivity contribution in [1.82, 2.24) is 14.5 Å². The monoisotopic (exact) mass is 409 g/mol. The van der Waals surface area contributed by atoms with Crippen LogP contribution in [0.2, 0.25) is 0 Å². The van der Waals surface area contributed by atoms with Crippen molar-refractivity contribution in [2.45, 2.75) is 39.3 Å². The normalized spacial score (nSPS) is 15.8. The third kappa shape index (κ3) is 4.85. The highest BCUT2D eigenvalue weighted by Crippen LogP contribution is 2.35. The zero-order valence-corrected chi connectivity index (χ0v) is 18.0. The molecule has 31 heavy (non-hydrogen) atoms. The number of aromatic nitrogens is 2. The van der Waals surface area contributed by atoms with Gasteiger partial charge in [-0.1, -0.05) is 48.5 Å². The highest BCUT2D eigenvalue weighted by molar-refractivity contribution is 5.45. The van der Waals surface area contributed by atoms with E-state index in [0.29, 0.717) is 5.69 Å². The molecule has 0 radical (unpaired) electrons. The summed E-state index contributed by atoms with van der Waals surface area (Å²) in [6.07, 6.45) is 6.43. The van der Waals surface area contributed by atoms with Gasteiger partial charge in [0.1, 0.15) is 0 Å². The van der Waals surface area contributed by atoms with Crippen LogP contribution in [0.5, 0.6) is 0 Å². The fourth-order valence-corrected chi connectivity index (χ4v) is 4.36. The summed E-state index contributed by atoms with van der Waals surface area (Å²) in [5, 5.41) is 9.98. The molecule has 3 aromatic rings. The van der Waals surface area contributed by atoms with E-state index in [9.17, 15) is 5.26 Å². The molecule has 4 rings (SSSR count). The number of hydrogen-bond acceptors (Lipinski definition) is 3. The quantitative estimate of drug-likeness (QED) is 0.530. The van der Waals surface area contributed by atoms with Crippen LogP contribution in [-0.2, 0) is 19.5 Å². The number of piperidine rings is 1. The van der Waals surface area contributed by atoms with E-state index in [2.05, 4.69) is 56.6 Å². The van der Waals surface area contributed by atoms with Crippen LogP contribution in [0.4, 0.5) is 5.69 Å². The number of hydrogen-bond donors (Lipinski definition) is 0. The molecule has 2 aromatic carbocycles. The number of rotatable bonds is 6. The first-order valence-corrected chi connectivity index (χ1v) is 10.7. The van der Waals surface area contributed by atoms with Crippen LogP contribution < -0.4 is 0 Å². The van der Waals surface area contributed by atoms with E-state index in [4.69, 9.17) is 6.57 Å². The van der Waals surface area contributed by atoms with Gasteiger partial charge in [-0.2, -0.15) is 5.26 Å². The number of imidazole rings is 1. The van der Waals surface area contributed by atoms with E-state index in [1.165, 1.54) is 16.8 Å². The molecule has 0 unspecified atom stereocenters. The van der Waals surface area contributed by atoms with Gasteiger partial charge in [0.25, 0.3) is 0 Å². The molecule has 5 nitrogen and oxygen atoms in total. The van der Waals surface area contributed by atoms with Gasteiger partial charge in [-0.25, -0.2) is 9.83 Å². The largest absolute Gasteiger partial charge is 0.329 e. The predicted octanol–water partition coefficient (Wildman–Crippen LogP) is 5.14. The molecular formula is C26H27N5. The molecule has 1 aliphatic rings. The summed E-state index contributed by atoms with van der Waals surface area (Å²) >= 11 is 0. The summed E-state index contributed by atoms with van der Waals surface area (Å²) in [5.41, 5.74) is 5.29. The lowest BCUT2D eigenvalue weighted by Crippen LogP contribution is -2.40. The van der Waals surface area contributed by atoms with Crippen molar-refractivity contribution in [3.8, 4) is 6.07 Å². The molecule has 1 aromatic heterocycles. The average Bonchev–Trinajstić information content (AvgIpc) is 3.23. The van der Waals surface area contributed by atoms with Gasteiger partial charge < -0.3 is 4.57 Å². The Balaban J connectivity index is 1.38. The Morgan fingerprint density at radius 2 is 1.84 bits per heavy atom. The fourth-order valence-electron chi connectivity index (χ4n) is 4.36. The molecule has 1 aliphatic heterocycles. The fraction of sp³-hybridized carbons (Fsp3) is 0.346. The molecule has 0 N–H and O–H groups in total. The molecule has 2 heterocycles. The number of aryl methyl sites for hydroxylation is 1. The van der Waals surface area contributed by atoms with E-state index in [-0.39, 0.29) is 5.41 Å². The van der Waals surface area contributed by atoms with Crippen LogP contribution in [0, 0.1) is 30.2 Å². The molecular weight excluding hydrogens is 382 g/mol. The highest BCUT2D eigenvalue weighted by Gasteiger charge is 2.35. The summed E-state index contributed by atoms with van der Waals surface area (Å²) in [5.74, 6) is 0. The van der Waals surface area contributed by atoms with Crippen LogP contribution in [0.25, 0.3) is 4.85 Å². The Morgan fingerprint density at radius 1 is 1.10 bits per heavy atom. The van der Waals surface area contributed by atoms with Crippen molar-refractivity contribution in [3.63, 3.8) is 0 Å². The summed E-state index contributed by atoms with van der Waals surface area (Å²) in [6, 6.07) is 18.8. The van der Waals surface area contributed by atoms with Gasteiger partial charge in [0.05, 0.1) is 30.1 Å². The molecule has 0 bridgehead atoms. The minimum Gasteiger partial charge on any atom is -0.329 e. The van der Waals surface area contributed by atoms with Gasteiger partial charge >= 0.3 is 0 Å². The van der Waals surface area contributed by atoms with Crippen LogP contribution in [0.3, 0.4) is 0 Å². The average molecular weight is 410 g/mol. The lowest BCUT2D eigenvalue weighted by Gasteiger charge is -2.37. The van der Waals surface area contributed by atoms with Crippen LogP contribution in [-0.4, -0.2) is 27.5 Å². The number of likely N-dealkylation sites (tertiary alicyclic amines) is 1. The molecule has 156 valence electrons. The summed E-state index contributed by atoms with van der Waals surface area (Å²) < 4.78 is 2.17. The summed E-state index contributed by atoms with van der Waals surface area (Å²) in [4.78, 5) is 10.3. The topological polar surface area (TPSA) is 49.2 Å². The van der Waals surface area contributed by atoms with Gasteiger partial charge in [-0.3, -0.25) is 4.90 Å². The molecule has 0 saturated carbocycles. The SMILES string of the molecule is [C-]#[N+]c1ccc(Cn2cncc2CN2CCC(C#N)(Cc3ccccc3C)CC2)cc1. The standard InChI is InChI=1S/C26H27N5/c1-21-5-3-4-6-23(21)15-26(19-27)11-13-30(14-12-26)18-25-16-29-20-31(25)17-22-7-9-24(28-2)10-8-22/h3-10,16,20H,11-15,17-18H2,1H3. The number of nitrogens with zero attached hydrogens (tertiary/aromatic N) is 5. The predicted molar refractivity (Wildman–Crippen MR) is 121 cm³/mol. The highest BCUT2D eigenvalue weighted by atomic mass is 15.2. The van der Waals surface area contributed by atoms with E-state index in [1.54, 1.807) is 0 Å². The minimum absolute atomic E-state index is 0.270. The number of nitriles is 1. The van der Waals surface area contributed by atoms with Gasteiger partial charge in [0.15, 0.2) is 5.69 Å². The van der Waals surface area contributed by atoms with E-state index in [1.807, 2.05) is 36.8 Å². The van der Waals surface area contributed by atoms with Gasteiger partial charge in [-0.05, 0) is 42.9 Å². The maximum absolute atomic E-state index is 9.98. The maximum Gasteiger partial charge on any atom is 0.187 e. The smallest absolute Gasteiger partial charge is 0.187 e. The van der Waals surface area contributed by atoms with Gasteiger partial charge in [0, 0.05) is 32.4 Å². The lowest BCUT2D eigenvalue weighted by molar-refractivity contribution is 0.136. The molecule has 0 aliphatic carbocycles. The van der Waals surface area contributed by atoms with Crippen molar-refractivity contribution in [2.75, 3.05) is 13.1 Å². The van der Waals surface area contributed by atoms with Gasteiger partial charge in [-0.15, -0.1) is 0 Å². The van der Waals surface area contributed by atoms with Crippen molar-refractivity contribution in [2.24, 2.45) is 5.41 Å². The van der Waals surface area contributed by atoms with Crippen molar-refractivity contribution in [1.29, 1.82) is 5.26 Å². The molecule has 1 fully saturated rings. The zero-order valence-electron chi connectivity index (χ0n) is 18.0. The zero-order chi connectivity index (χ0) is 21.7. The van der Waals surface area contributed by atoms with Crippen LogP contribution in [0.15, 0.2) is 61.1 Å². The first-order chi connectivity index (χ1) is 15.1. The Bertz CT molecular complexity index is 1110. The summed E-state index contributed by atoms with van der Waals surface area (Å²) in [7, 11) is 0. The molecule has 0 amide bonds. The Labute approximate surface area is 184 Å². The van der Waals surface area contributed by atoms with Crippen LogP contribution in [0.1, 0.15) is 35.2 Å². The Hall–Kier alpha value is -3.41. The van der Waals surface area contributed by atoms with Crippen molar-refractivity contribution in [3.05, 3.63) is 94.9 Å². The third-order valence-electron chi connectivity index (χ3n) is 6.44. The Morgan fingerprint density at radius 3 is 2.52 bits per heavy atom. The second kappa shape index (κ2) is 9.16. The number of benzene rings is 2. The molecule has 0 atom stereocenters. The second-order valence-corrected chi connectivity index (χ2v) is 8.56. The Kier molecular flexibility index (Phi) is 6.16. The van der Waals surface area contributed by atoms with Gasteiger partial charge in [0.2, 0.25) is 0 Å². The first-order valence-electron chi connectivity index (χ1n) is 10.7. The molecule has 5 heteroatoms. The maximum atomic E-state index is 9.98. The molecule has 0 spiro atoms. The third-order valence-corrected chi connectivity index (χ3v) is 6.44. The van der Waals surface area contributed by atoms with Crippen molar-refractivity contribution >= 4 is 5.69 Å².